The normalized spacial score (nSPS) is 11.9. The molecular weight excluding hydrogens is 286 g/mol. The molecule has 2 N–H and O–H groups in total. The average Bonchev–Trinajstić information content (AvgIpc) is 2.93. The molecule has 0 aliphatic rings. The highest BCUT2D eigenvalue weighted by atomic mass is 32.1. The Kier molecular flexibility index (Phi) is 4.75. The van der Waals surface area contributed by atoms with Crippen molar-refractivity contribution >= 4 is 23.2 Å². The standard InChI is InChI=1S/C16H17NO3S/c1-10-5-6-11(2)12(8-10)9-14(18)17-15(16(19)20)13-4-3-7-21-13/h3-8,15H,9H2,1-2H3,(H,17,18)(H,19,20). The van der Waals surface area contributed by atoms with Crippen molar-refractivity contribution in [3.05, 3.63) is 57.3 Å². The number of aliphatic carboxylic acids is 1. The molecule has 0 saturated carbocycles. The number of aryl methyl sites for hydroxylation is 2. The lowest BCUT2D eigenvalue weighted by atomic mass is 10.0. The average molecular weight is 303 g/mol. The Bertz CT molecular complexity index is 650. The minimum atomic E-state index is -1.05. The fourth-order valence-corrected chi connectivity index (χ4v) is 2.85. The first-order valence-corrected chi connectivity index (χ1v) is 7.47. The van der Waals surface area contributed by atoms with Gasteiger partial charge in [-0.15, -0.1) is 11.3 Å². The third-order valence-corrected chi connectivity index (χ3v) is 4.17. The van der Waals surface area contributed by atoms with Gasteiger partial charge < -0.3 is 10.4 Å². The molecule has 1 aromatic carbocycles. The zero-order valence-electron chi connectivity index (χ0n) is 11.9. The van der Waals surface area contributed by atoms with Gasteiger partial charge in [-0.1, -0.05) is 29.8 Å². The Morgan fingerprint density at radius 3 is 2.67 bits per heavy atom. The lowest BCUT2D eigenvalue weighted by Crippen LogP contribution is -2.34. The highest BCUT2D eigenvalue weighted by Gasteiger charge is 2.23. The zero-order chi connectivity index (χ0) is 15.4. The summed E-state index contributed by atoms with van der Waals surface area (Å²) < 4.78 is 0. The lowest BCUT2D eigenvalue weighted by Gasteiger charge is -2.14. The number of carboxylic acid groups (broad SMARTS) is 1. The third kappa shape index (κ3) is 3.92. The van der Waals surface area contributed by atoms with Crippen LogP contribution in [-0.2, 0) is 16.0 Å². The number of carbonyl (C=O) groups excluding carboxylic acids is 1. The van der Waals surface area contributed by atoms with E-state index < -0.39 is 12.0 Å². The number of hydrogen-bond acceptors (Lipinski definition) is 3. The second-order valence-electron chi connectivity index (χ2n) is 4.96. The van der Waals surface area contributed by atoms with Crippen LogP contribution in [0.25, 0.3) is 0 Å². The predicted octanol–water partition coefficient (Wildman–Crippen LogP) is 2.85. The van der Waals surface area contributed by atoms with E-state index in [0.29, 0.717) is 4.88 Å². The maximum atomic E-state index is 12.1. The molecule has 1 amide bonds. The highest BCUT2D eigenvalue weighted by molar-refractivity contribution is 7.10. The van der Waals surface area contributed by atoms with Gasteiger partial charge in [0.05, 0.1) is 6.42 Å². The van der Waals surface area contributed by atoms with Crippen LogP contribution in [0, 0.1) is 13.8 Å². The van der Waals surface area contributed by atoms with Crippen molar-refractivity contribution in [1.29, 1.82) is 0 Å². The van der Waals surface area contributed by atoms with Gasteiger partial charge in [-0.25, -0.2) is 4.79 Å². The van der Waals surface area contributed by atoms with Crippen molar-refractivity contribution < 1.29 is 14.7 Å². The molecule has 2 aromatic rings. The molecule has 0 aliphatic carbocycles. The molecule has 5 heteroatoms. The second-order valence-corrected chi connectivity index (χ2v) is 5.94. The van der Waals surface area contributed by atoms with E-state index in [1.807, 2.05) is 32.0 Å². The molecule has 1 atom stereocenters. The van der Waals surface area contributed by atoms with Crippen LogP contribution in [-0.4, -0.2) is 17.0 Å². The molecule has 1 unspecified atom stereocenters. The number of hydrogen-bond donors (Lipinski definition) is 2. The molecule has 0 radical (unpaired) electrons. The molecule has 0 bridgehead atoms. The molecular formula is C16H17NO3S. The van der Waals surface area contributed by atoms with E-state index in [4.69, 9.17) is 0 Å². The molecule has 110 valence electrons. The van der Waals surface area contributed by atoms with Crippen LogP contribution in [0.4, 0.5) is 0 Å². The SMILES string of the molecule is Cc1ccc(C)c(CC(=O)NC(C(=O)O)c2cccs2)c1. The first-order valence-electron chi connectivity index (χ1n) is 6.59. The molecule has 2 rings (SSSR count). The topological polar surface area (TPSA) is 66.4 Å². The van der Waals surface area contributed by atoms with E-state index in [1.165, 1.54) is 11.3 Å². The molecule has 1 heterocycles. The minimum absolute atomic E-state index is 0.183. The van der Waals surface area contributed by atoms with E-state index >= 15 is 0 Å². The Labute approximate surface area is 127 Å². The van der Waals surface area contributed by atoms with Gasteiger partial charge in [-0.3, -0.25) is 4.79 Å². The van der Waals surface area contributed by atoms with Crippen molar-refractivity contribution in [1.82, 2.24) is 5.32 Å². The Hall–Kier alpha value is -2.14. The number of carbonyl (C=O) groups is 2. The number of thiophene rings is 1. The molecule has 4 nitrogen and oxygen atoms in total. The van der Waals surface area contributed by atoms with Crippen LogP contribution in [0.1, 0.15) is 27.6 Å². The number of rotatable bonds is 5. The van der Waals surface area contributed by atoms with E-state index in [9.17, 15) is 14.7 Å². The summed E-state index contributed by atoms with van der Waals surface area (Å²) in [6.07, 6.45) is 0.183. The highest BCUT2D eigenvalue weighted by Crippen LogP contribution is 2.19. The minimum Gasteiger partial charge on any atom is -0.479 e. The fourth-order valence-electron chi connectivity index (χ4n) is 2.09. The van der Waals surface area contributed by atoms with E-state index in [-0.39, 0.29) is 12.3 Å². The van der Waals surface area contributed by atoms with Crippen LogP contribution in [0.2, 0.25) is 0 Å². The largest absolute Gasteiger partial charge is 0.479 e. The maximum Gasteiger partial charge on any atom is 0.331 e. The lowest BCUT2D eigenvalue weighted by molar-refractivity contribution is -0.141. The van der Waals surface area contributed by atoms with Crippen molar-refractivity contribution in [2.45, 2.75) is 26.3 Å². The van der Waals surface area contributed by atoms with Gasteiger partial charge in [0.2, 0.25) is 5.91 Å². The van der Waals surface area contributed by atoms with Gasteiger partial charge in [0.15, 0.2) is 6.04 Å². The summed E-state index contributed by atoms with van der Waals surface area (Å²) in [4.78, 5) is 24.0. The van der Waals surface area contributed by atoms with Crippen LogP contribution in [0.3, 0.4) is 0 Å². The van der Waals surface area contributed by atoms with Gasteiger partial charge in [-0.05, 0) is 36.4 Å². The summed E-state index contributed by atoms with van der Waals surface area (Å²) in [7, 11) is 0. The van der Waals surface area contributed by atoms with Gasteiger partial charge in [-0.2, -0.15) is 0 Å². The molecule has 0 saturated heterocycles. The summed E-state index contributed by atoms with van der Waals surface area (Å²) in [5.41, 5.74) is 3.03. The smallest absolute Gasteiger partial charge is 0.331 e. The Morgan fingerprint density at radius 1 is 1.29 bits per heavy atom. The summed E-state index contributed by atoms with van der Waals surface area (Å²) in [5, 5.41) is 13.6. The van der Waals surface area contributed by atoms with Crippen molar-refractivity contribution in [2.24, 2.45) is 0 Å². The van der Waals surface area contributed by atoms with E-state index in [1.54, 1.807) is 17.5 Å². The summed E-state index contributed by atoms with van der Waals surface area (Å²) in [5.74, 6) is -1.34. The zero-order valence-corrected chi connectivity index (χ0v) is 12.7. The maximum absolute atomic E-state index is 12.1. The third-order valence-electron chi connectivity index (χ3n) is 3.24. The molecule has 0 fully saturated rings. The summed E-state index contributed by atoms with van der Waals surface area (Å²) in [6.45, 7) is 3.91. The predicted molar refractivity (Wildman–Crippen MR) is 82.5 cm³/mol. The van der Waals surface area contributed by atoms with Gasteiger partial charge in [0, 0.05) is 4.88 Å². The van der Waals surface area contributed by atoms with Gasteiger partial charge in [0.1, 0.15) is 0 Å². The first-order chi connectivity index (χ1) is 9.97. The van der Waals surface area contributed by atoms with Crippen LogP contribution in [0.15, 0.2) is 35.7 Å². The monoisotopic (exact) mass is 303 g/mol. The number of benzene rings is 1. The van der Waals surface area contributed by atoms with Crippen molar-refractivity contribution in [2.75, 3.05) is 0 Å². The molecule has 0 aliphatic heterocycles. The second kappa shape index (κ2) is 6.54. The molecule has 1 aromatic heterocycles. The quantitative estimate of drug-likeness (QED) is 0.892. The van der Waals surface area contributed by atoms with E-state index in [2.05, 4.69) is 5.32 Å². The van der Waals surface area contributed by atoms with Crippen LogP contribution >= 0.6 is 11.3 Å². The summed E-state index contributed by atoms with van der Waals surface area (Å²) >= 11 is 1.32. The van der Waals surface area contributed by atoms with Gasteiger partial charge in [0.25, 0.3) is 0 Å². The number of amides is 1. The summed E-state index contributed by atoms with van der Waals surface area (Å²) in [6, 6.07) is 8.40. The van der Waals surface area contributed by atoms with Crippen molar-refractivity contribution in [3.63, 3.8) is 0 Å². The van der Waals surface area contributed by atoms with Crippen LogP contribution < -0.4 is 5.32 Å². The molecule has 0 spiro atoms. The van der Waals surface area contributed by atoms with Crippen LogP contribution in [0.5, 0.6) is 0 Å². The van der Waals surface area contributed by atoms with Gasteiger partial charge >= 0.3 is 5.97 Å². The number of carboxylic acids is 1. The Morgan fingerprint density at radius 2 is 2.05 bits per heavy atom. The molecule has 21 heavy (non-hydrogen) atoms. The Balaban J connectivity index is 2.10. The fraction of sp³-hybridized carbons (Fsp3) is 0.250. The van der Waals surface area contributed by atoms with E-state index in [0.717, 1.165) is 16.7 Å². The number of nitrogens with one attached hydrogen (secondary N) is 1. The first kappa shape index (κ1) is 15.3. The van der Waals surface area contributed by atoms with Crippen molar-refractivity contribution in [3.8, 4) is 0 Å².